The highest BCUT2D eigenvalue weighted by molar-refractivity contribution is 5.56. The lowest BCUT2D eigenvalue weighted by molar-refractivity contribution is 0.216. The minimum atomic E-state index is -1.05. The summed E-state index contributed by atoms with van der Waals surface area (Å²) in [5, 5.41) is 14.4. The predicted molar refractivity (Wildman–Crippen MR) is 63.4 cm³/mol. The van der Waals surface area contributed by atoms with E-state index in [1.165, 1.54) is 12.3 Å². The maximum absolute atomic E-state index is 13.6. The normalized spacial score (nSPS) is 12.8. The summed E-state index contributed by atoms with van der Waals surface area (Å²) < 4.78 is 15.2. The fourth-order valence-electron chi connectivity index (χ4n) is 1.94. The maximum atomic E-state index is 13.6. The van der Waals surface area contributed by atoms with Crippen LogP contribution in [0.1, 0.15) is 17.2 Å². The zero-order valence-electron chi connectivity index (χ0n) is 9.36. The summed E-state index contributed by atoms with van der Waals surface area (Å²) in [5.41, 5.74) is 1.52. The van der Waals surface area contributed by atoms with Gasteiger partial charge in [0, 0.05) is 23.5 Å². The molecule has 0 fully saturated rings. The van der Waals surface area contributed by atoms with Crippen LogP contribution in [0.5, 0.6) is 0 Å². The lowest BCUT2D eigenvalue weighted by atomic mass is 10.0. The molecule has 3 heterocycles. The van der Waals surface area contributed by atoms with Gasteiger partial charge in [0.25, 0.3) is 0 Å². The summed E-state index contributed by atoms with van der Waals surface area (Å²) in [4.78, 5) is 3.66. The molecule has 0 saturated carbocycles. The Kier molecular flexibility index (Phi) is 2.53. The van der Waals surface area contributed by atoms with Crippen LogP contribution in [0.2, 0.25) is 0 Å². The van der Waals surface area contributed by atoms with E-state index in [2.05, 4.69) is 10.1 Å². The third-order valence-electron chi connectivity index (χ3n) is 2.85. The Morgan fingerprint density at radius 2 is 2.06 bits per heavy atom. The molecule has 1 unspecified atom stereocenters. The van der Waals surface area contributed by atoms with Gasteiger partial charge in [-0.05, 0) is 18.2 Å². The molecule has 0 radical (unpaired) electrons. The van der Waals surface area contributed by atoms with Crippen LogP contribution < -0.4 is 0 Å². The van der Waals surface area contributed by atoms with Gasteiger partial charge in [0.15, 0.2) is 0 Å². The summed E-state index contributed by atoms with van der Waals surface area (Å²) in [6.07, 6.45) is 4.80. The summed E-state index contributed by atoms with van der Waals surface area (Å²) in [6.45, 7) is 0. The van der Waals surface area contributed by atoms with Gasteiger partial charge in [0.05, 0.1) is 17.9 Å². The highest BCUT2D eigenvalue weighted by atomic mass is 19.1. The number of nitrogens with zero attached hydrogens (tertiary/aromatic N) is 3. The van der Waals surface area contributed by atoms with Gasteiger partial charge < -0.3 is 5.11 Å². The van der Waals surface area contributed by atoms with Crippen molar-refractivity contribution in [2.75, 3.05) is 0 Å². The van der Waals surface area contributed by atoms with E-state index in [1.807, 2.05) is 18.2 Å². The zero-order valence-corrected chi connectivity index (χ0v) is 9.36. The molecular formula is C13H10FN3O. The van der Waals surface area contributed by atoms with Crippen LogP contribution in [0.25, 0.3) is 5.52 Å². The summed E-state index contributed by atoms with van der Waals surface area (Å²) >= 11 is 0. The van der Waals surface area contributed by atoms with Crippen molar-refractivity contribution < 1.29 is 9.50 Å². The molecule has 3 aromatic heterocycles. The first-order chi connectivity index (χ1) is 8.77. The van der Waals surface area contributed by atoms with Gasteiger partial charge in [0.2, 0.25) is 0 Å². The number of aliphatic hydroxyl groups excluding tert-OH is 1. The van der Waals surface area contributed by atoms with Gasteiger partial charge in [-0.1, -0.05) is 6.07 Å². The standard InChI is InChI=1S/C13H10FN3O/c14-11-8-15-5-4-9(11)13(18)10-7-16-17-6-2-1-3-12(10)17/h1-8,13,18H. The van der Waals surface area contributed by atoms with Crippen molar-refractivity contribution in [3.8, 4) is 0 Å². The van der Waals surface area contributed by atoms with Gasteiger partial charge in [-0.2, -0.15) is 5.10 Å². The Morgan fingerprint density at radius 3 is 2.89 bits per heavy atom. The van der Waals surface area contributed by atoms with Crippen molar-refractivity contribution in [1.82, 2.24) is 14.6 Å². The third-order valence-corrected chi connectivity index (χ3v) is 2.85. The minimum absolute atomic E-state index is 0.198. The summed E-state index contributed by atoms with van der Waals surface area (Å²) in [6, 6.07) is 6.97. The average molecular weight is 243 g/mol. The van der Waals surface area contributed by atoms with Crippen LogP contribution in [0.4, 0.5) is 4.39 Å². The number of fused-ring (bicyclic) bond motifs is 1. The molecule has 0 aliphatic carbocycles. The molecule has 1 N–H and O–H groups in total. The molecule has 18 heavy (non-hydrogen) atoms. The van der Waals surface area contributed by atoms with E-state index in [0.29, 0.717) is 5.56 Å². The number of aliphatic hydroxyl groups is 1. The number of hydrogen-bond acceptors (Lipinski definition) is 3. The first-order valence-electron chi connectivity index (χ1n) is 5.47. The van der Waals surface area contributed by atoms with Crippen LogP contribution >= 0.6 is 0 Å². The smallest absolute Gasteiger partial charge is 0.147 e. The second kappa shape index (κ2) is 4.19. The van der Waals surface area contributed by atoms with Gasteiger partial charge in [-0.25, -0.2) is 8.91 Å². The van der Waals surface area contributed by atoms with Crippen molar-refractivity contribution in [3.05, 3.63) is 66.0 Å². The van der Waals surface area contributed by atoms with Gasteiger partial charge in [-0.15, -0.1) is 0 Å². The monoisotopic (exact) mass is 243 g/mol. The van der Waals surface area contributed by atoms with E-state index in [-0.39, 0.29) is 5.56 Å². The highest BCUT2D eigenvalue weighted by Gasteiger charge is 2.18. The van der Waals surface area contributed by atoms with Crippen molar-refractivity contribution in [3.63, 3.8) is 0 Å². The molecular weight excluding hydrogens is 233 g/mol. The molecule has 1 atom stereocenters. The Morgan fingerprint density at radius 1 is 1.17 bits per heavy atom. The van der Waals surface area contributed by atoms with Crippen LogP contribution in [-0.2, 0) is 0 Å². The molecule has 5 heteroatoms. The van der Waals surface area contributed by atoms with Crippen molar-refractivity contribution >= 4 is 5.52 Å². The lowest BCUT2D eigenvalue weighted by Gasteiger charge is -2.10. The average Bonchev–Trinajstić information content (AvgIpc) is 2.82. The van der Waals surface area contributed by atoms with Crippen LogP contribution in [-0.4, -0.2) is 19.7 Å². The Hall–Kier alpha value is -2.27. The van der Waals surface area contributed by atoms with Gasteiger partial charge in [-0.3, -0.25) is 4.98 Å². The molecule has 3 rings (SSSR count). The van der Waals surface area contributed by atoms with Crippen LogP contribution in [0.3, 0.4) is 0 Å². The molecule has 0 amide bonds. The van der Waals surface area contributed by atoms with E-state index in [1.54, 1.807) is 16.9 Å². The third kappa shape index (κ3) is 1.65. The highest BCUT2D eigenvalue weighted by Crippen LogP contribution is 2.26. The van der Waals surface area contributed by atoms with Crippen molar-refractivity contribution in [2.24, 2.45) is 0 Å². The molecule has 0 bridgehead atoms. The second-order valence-corrected chi connectivity index (χ2v) is 3.93. The minimum Gasteiger partial charge on any atom is -0.383 e. The largest absolute Gasteiger partial charge is 0.383 e. The van der Waals surface area contributed by atoms with E-state index >= 15 is 0 Å². The predicted octanol–water partition coefficient (Wildman–Crippen LogP) is 1.95. The molecule has 90 valence electrons. The zero-order chi connectivity index (χ0) is 12.5. The molecule has 0 aromatic carbocycles. The Labute approximate surface area is 102 Å². The quantitative estimate of drug-likeness (QED) is 0.748. The van der Waals surface area contributed by atoms with Crippen molar-refractivity contribution in [1.29, 1.82) is 0 Å². The van der Waals surface area contributed by atoms with Gasteiger partial charge in [0.1, 0.15) is 11.9 Å². The fourth-order valence-corrected chi connectivity index (χ4v) is 1.94. The SMILES string of the molecule is OC(c1ccncc1F)c1cnn2ccccc12. The number of aromatic nitrogens is 3. The lowest BCUT2D eigenvalue weighted by Crippen LogP contribution is -2.02. The Bertz CT molecular complexity index is 695. The topological polar surface area (TPSA) is 50.4 Å². The molecule has 3 aromatic rings. The summed E-state index contributed by atoms with van der Waals surface area (Å²) in [5.74, 6) is -0.528. The molecule has 0 aliphatic rings. The first-order valence-corrected chi connectivity index (χ1v) is 5.47. The number of halogens is 1. The first kappa shape index (κ1) is 10.9. The van der Waals surface area contributed by atoms with Crippen LogP contribution in [0, 0.1) is 5.82 Å². The Balaban J connectivity index is 2.13. The van der Waals surface area contributed by atoms with Gasteiger partial charge >= 0.3 is 0 Å². The molecule has 0 saturated heterocycles. The fraction of sp³-hybridized carbons (Fsp3) is 0.0769. The second-order valence-electron chi connectivity index (χ2n) is 3.93. The molecule has 0 spiro atoms. The summed E-state index contributed by atoms with van der Waals surface area (Å²) in [7, 11) is 0. The van der Waals surface area contributed by atoms with E-state index < -0.39 is 11.9 Å². The number of hydrogen-bond donors (Lipinski definition) is 1. The molecule has 4 nitrogen and oxygen atoms in total. The van der Waals surface area contributed by atoms with E-state index in [0.717, 1.165) is 11.7 Å². The molecule has 0 aliphatic heterocycles. The van der Waals surface area contributed by atoms with Crippen molar-refractivity contribution in [2.45, 2.75) is 6.10 Å². The van der Waals surface area contributed by atoms with Crippen LogP contribution in [0.15, 0.2) is 49.1 Å². The maximum Gasteiger partial charge on any atom is 0.147 e. The van der Waals surface area contributed by atoms with E-state index in [4.69, 9.17) is 0 Å². The van der Waals surface area contributed by atoms with E-state index in [9.17, 15) is 9.50 Å². The number of pyridine rings is 2. The number of rotatable bonds is 2.